The molecule has 0 aliphatic heterocycles. The second-order valence-electron chi connectivity index (χ2n) is 6.48. The molecule has 0 saturated heterocycles. The number of hydrogen-bond donors (Lipinski definition) is 0. The van der Waals surface area contributed by atoms with Gasteiger partial charge in [0.25, 0.3) is 0 Å². The Morgan fingerprint density at radius 3 is 0.722 bits per heavy atom. The van der Waals surface area contributed by atoms with E-state index in [0.717, 1.165) is 23.7 Å². The lowest BCUT2D eigenvalue weighted by Gasteiger charge is -2.24. The summed E-state index contributed by atoms with van der Waals surface area (Å²) in [6.45, 7) is 13.5. The Hall–Kier alpha value is 0. The predicted molar refractivity (Wildman–Crippen MR) is 84.9 cm³/mol. The van der Waals surface area contributed by atoms with E-state index in [0.29, 0.717) is 0 Å². The summed E-state index contributed by atoms with van der Waals surface area (Å²) in [5.41, 5.74) is 0. The monoisotopic (exact) mass is 254 g/mol. The van der Waals surface area contributed by atoms with Gasteiger partial charge < -0.3 is 0 Å². The molecule has 0 aromatic rings. The lowest BCUT2D eigenvalue weighted by molar-refractivity contribution is 0.277. The number of hydrogen-bond acceptors (Lipinski definition) is 0. The lowest BCUT2D eigenvalue weighted by Crippen LogP contribution is -2.12. The molecule has 2 aliphatic carbocycles. The molecule has 2 fully saturated rings. The molecule has 4 atom stereocenters. The van der Waals surface area contributed by atoms with Crippen LogP contribution in [0.5, 0.6) is 0 Å². The van der Waals surface area contributed by atoms with Crippen LogP contribution in [0.25, 0.3) is 0 Å². The van der Waals surface area contributed by atoms with Crippen molar-refractivity contribution in [1.82, 2.24) is 0 Å². The minimum Gasteiger partial charge on any atom is -0.0683 e. The molecule has 2 rings (SSSR count). The summed E-state index contributed by atoms with van der Waals surface area (Å²) >= 11 is 0. The minimum atomic E-state index is 1.00. The van der Waals surface area contributed by atoms with Crippen LogP contribution in [0.1, 0.15) is 92.9 Å². The average molecular weight is 255 g/mol. The Bertz CT molecular complexity index is 133. The van der Waals surface area contributed by atoms with Crippen molar-refractivity contribution in [3.05, 3.63) is 0 Å². The SMILES string of the molecule is CC.C[C@@H]1CCCC[C@@H]1C.C[C@@H]1CCCC[C@@H]1C. The van der Waals surface area contributed by atoms with Gasteiger partial charge in [0, 0.05) is 0 Å². The molecule has 0 unspecified atom stereocenters. The van der Waals surface area contributed by atoms with Gasteiger partial charge in [-0.2, -0.15) is 0 Å². The molecule has 0 radical (unpaired) electrons. The highest BCUT2D eigenvalue weighted by molar-refractivity contribution is 4.68. The molecule has 0 heteroatoms. The smallest absolute Gasteiger partial charge is 0.0417 e. The zero-order valence-corrected chi connectivity index (χ0v) is 14.0. The molecular formula is C18H38. The van der Waals surface area contributed by atoms with Crippen LogP contribution in [0.15, 0.2) is 0 Å². The van der Waals surface area contributed by atoms with Crippen molar-refractivity contribution in [3.8, 4) is 0 Å². The van der Waals surface area contributed by atoms with Crippen molar-refractivity contribution in [1.29, 1.82) is 0 Å². The molecule has 2 aliphatic rings. The van der Waals surface area contributed by atoms with Crippen LogP contribution in [0, 0.1) is 23.7 Å². The second kappa shape index (κ2) is 10.9. The first-order valence-electron chi connectivity index (χ1n) is 8.61. The van der Waals surface area contributed by atoms with Crippen LogP contribution < -0.4 is 0 Å². The van der Waals surface area contributed by atoms with Gasteiger partial charge in [-0.1, -0.05) is 92.9 Å². The van der Waals surface area contributed by atoms with Crippen LogP contribution in [-0.4, -0.2) is 0 Å². The summed E-state index contributed by atoms with van der Waals surface area (Å²) in [5.74, 6) is 4.01. The van der Waals surface area contributed by atoms with Crippen molar-refractivity contribution in [3.63, 3.8) is 0 Å². The van der Waals surface area contributed by atoms with Gasteiger partial charge >= 0.3 is 0 Å². The summed E-state index contributed by atoms with van der Waals surface area (Å²) in [6, 6.07) is 0. The minimum absolute atomic E-state index is 1.00. The first-order valence-corrected chi connectivity index (χ1v) is 8.61. The Kier molecular flexibility index (Phi) is 10.9. The molecule has 0 bridgehead atoms. The van der Waals surface area contributed by atoms with Crippen molar-refractivity contribution < 1.29 is 0 Å². The summed E-state index contributed by atoms with van der Waals surface area (Å²) < 4.78 is 0. The van der Waals surface area contributed by atoms with Crippen molar-refractivity contribution in [2.75, 3.05) is 0 Å². The maximum Gasteiger partial charge on any atom is -0.0417 e. The number of rotatable bonds is 0. The predicted octanol–water partition coefficient (Wildman–Crippen LogP) is 6.69. The molecule has 0 amide bonds. The van der Waals surface area contributed by atoms with Gasteiger partial charge in [-0.05, 0) is 23.7 Å². The van der Waals surface area contributed by atoms with E-state index in [-0.39, 0.29) is 0 Å². The van der Waals surface area contributed by atoms with Gasteiger partial charge in [-0.25, -0.2) is 0 Å². The topological polar surface area (TPSA) is 0 Å². The molecule has 0 aromatic carbocycles. The standard InChI is InChI=1S/2C8H16.C2H6/c2*1-7-5-3-4-6-8(7)2;1-2/h2*7-8H,3-6H2,1-2H3;1-2H3/t2*7-,8+;. The Labute approximate surface area is 117 Å². The van der Waals surface area contributed by atoms with Crippen molar-refractivity contribution in [2.24, 2.45) is 23.7 Å². The van der Waals surface area contributed by atoms with Gasteiger partial charge in [0.15, 0.2) is 0 Å². The fraction of sp³-hybridized carbons (Fsp3) is 1.00. The van der Waals surface area contributed by atoms with E-state index in [4.69, 9.17) is 0 Å². The third kappa shape index (κ3) is 7.44. The van der Waals surface area contributed by atoms with Gasteiger partial charge in [-0.15, -0.1) is 0 Å². The quantitative estimate of drug-likeness (QED) is 0.451. The highest BCUT2D eigenvalue weighted by Gasteiger charge is 2.16. The average Bonchev–Trinajstić information content (AvgIpc) is 2.40. The van der Waals surface area contributed by atoms with Gasteiger partial charge in [0.2, 0.25) is 0 Å². The molecule has 0 N–H and O–H groups in total. The summed E-state index contributed by atoms with van der Waals surface area (Å²) in [5, 5.41) is 0. The molecule has 0 spiro atoms. The van der Waals surface area contributed by atoms with E-state index in [1.807, 2.05) is 13.8 Å². The van der Waals surface area contributed by atoms with E-state index in [2.05, 4.69) is 27.7 Å². The van der Waals surface area contributed by atoms with E-state index in [1.54, 1.807) is 0 Å². The van der Waals surface area contributed by atoms with Crippen molar-refractivity contribution in [2.45, 2.75) is 92.9 Å². The van der Waals surface area contributed by atoms with Crippen LogP contribution in [0.3, 0.4) is 0 Å². The van der Waals surface area contributed by atoms with Gasteiger partial charge in [0.1, 0.15) is 0 Å². The Balaban J connectivity index is 0.000000283. The molecule has 0 heterocycles. The molecular weight excluding hydrogens is 216 g/mol. The summed E-state index contributed by atoms with van der Waals surface area (Å²) in [7, 11) is 0. The fourth-order valence-corrected chi connectivity index (χ4v) is 3.00. The van der Waals surface area contributed by atoms with E-state index in [9.17, 15) is 0 Å². The maximum absolute atomic E-state index is 2.38. The Morgan fingerprint density at radius 2 is 0.611 bits per heavy atom. The lowest BCUT2D eigenvalue weighted by atomic mass is 9.82. The highest BCUT2D eigenvalue weighted by Crippen LogP contribution is 2.29. The molecule has 110 valence electrons. The van der Waals surface area contributed by atoms with E-state index >= 15 is 0 Å². The molecule has 2 saturated carbocycles. The van der Waals surface area contributed by atoms with Gasteiger partial charge in [0.05, 0.1) is 0 Å². The third-order valence-corrected chi connectivity index (χ3v) is 5.08. The fourth-order valence-electron chi connectivity index (χ4n) is 3.00. The van der Waals surface area contributed by atoms with Crippen LogP contribution in [-0.2, 0) is 0 Å². The summed E-state index contributed by atoms with van der Waals surface area (Å²) in [6.07, 6.45) is 11.8. The normalized spacial score (nSPS) is 35.7. The summed E-state index contributed by atoms with van der Waals surface area (Å²) in [4.78, 5) is 0. The first-order chi connectivity index (χ1) is 8.61. The van der Waals surface area contributed by atoms with E-state index in [1.165, 1.54) is 51.4 Å². The first kappa shape index (κ1) is 18.0. The van der Waals surface area contributed by atoms with Gasteiger partial charge in [-0.3, -0.25) is 0 Å². The third-order valence-electron chi connectivity index (χ3n) is 5.08. The maximum atomic E-state index is 2.38. The second-order valence-corrected chi connectivity index (χ2v) is 6.48. The van der Waals surface area contributed by atoms with E-state index < -0.39 is 0 Å². The largest absolute Gasteiger partial charge is 0.0683 e. The zero-order chi connectivity index (χ0) is 14.0. The highest BCUT2D eigenvalue weighted by atomic mass is 14.2. The van der Waals surface area contributed by atoms with Crippen LogP contribution in [0.2, 0.25) is 0 Å². The van der Waals surface area contributed by atoms with Crippen LogP contribution >= 0.6 is 0 Å². The van der Waals surface area contributed by atoms with Crippen LogP contribution in [0.4, 0.5) is 0 Å². The molecule has 0 aromatic heterocycles. The Morgan fingerprint density at radius 1 is 0.444 bits per heavy atom. The molecule has 18 heavy (non-hydrogen) atoms. The van der Waals surface area contributed by atoms with Crippen molar-refractivity contribution >= 4 is 0 Å². The zero-order valence-electron chi connectivity index (χ0n) is 14.0. The molecule has 0 nitrogen and oxygen atoms in total.